The maximum atomic E-state index is 5.56. The third-order valence-corrected chi connectivity index (χ3v) is 2.85. The van der Waals surface area contributed by atoms with Crippen LogP contribution in [0.3, 0.4) is 0 Å². The predicted octanol–water partition coefficient (Wildman–Crippen LogP) is 2.62. The van der Waals surface area contributed by atoms with Gasteiger partial charge in [-0.3, -0.25) is 0 Å². The fraction of sp³-hybridized carbons (Fsp3) is 1.00. The molecule has 0 N–H and O–H groups in total. The molecule has 0 rings (SSSR count). The van der Waals surface area contributed by atoms with Gasteiger partial charge in [-0.15, -0.1) is 0 Å². The van der Waals surface area contributed by atoms with Crippen LogP contribution in [0.25, 0.3) is 0 Å². The highest BCUT2D eigenvalue weighted by molar-refractivity contribution is 4.85. The molecule has 2 nitrogen and oxygen atoms in total. The van der Waals surface area contributed by atoms with Crippen LogP contribution in [0.5, 0.6) is 0 Å². The lowest BCUT2D eigenvalue weighted by atomic mass is 9.89. The van der Waals surface area contributed by atoms with Crippen molar-refractivity contribution < 1.29 is 9.47 Å². The molecule has 0 radical (unpaired) electrons. The summed E-state index contributed by atoms with van der Waals surface area (Å²) in [6.45, 7) is 6.43. The lowest BCUT2D eigenvalue weighted by Crippen LogP contribution is -2.43. The van der Waals surface area contributed by atoms with E-state index in [1.54, 1.807) is 14.2 Å². The van der Waals surface area contributed by atoms with Gasteiger partial charge in [-0.05, 0) is 19.3 Å². The molecule has 0 aromatic rings. The second kappa shape index (κ2) is 5.55. The van der Waals surface area contributed by atoms with Crippen LogP contribution in [-0.2, 0) is 9.47 Å². The first-order chi connectivity index (χ1) is 5.70. The van der Waals surface area contributed by atoms with Crippen molar-refractivity contribution in [3.8, 4) is 0 Å². The van der Waals surface area contributed by atoms with Crippen molar-refractivity contribution in [2.45, 2.75) is 51.7 Å². The zero-order chi connectivity index (χ0) is 9.61. The van der Waals surface area contributed by atoms with Gasteiger partial charge in [0.25, 0.3) is 0 Å². The van der Waals surface area contributed by atoms with Crippen molar-refractivity contribution in [2.24, 2.45) is 0 Å². The summed E-state index contributed by atoms with van der Waals surface area (Å²) in [6, 6.07) is 0. The van der Waals surface area contributed by atoms with Crippen molar-refractivity contribution >= 4 is 0 Å². The van der Waals surface area contributed by atoms with Gasteiger partial charge < -0.3 is 9.47 Å². The van der Waals surface area contributed by atoms with Crippen LogP contribution in [0.2, 0.25) is 0 Å². The van der Waals surface area contributed by atoms with Crippen molar-refractivity contribution in [3.05, 3.63) is 0 Å². The third-order valence-electron chi connectivity index (χ3n) is 2.85. The molecule has 12 heavy (non-hydrogen) atoms. The summed E-state index contributed by atoms with van der Waals surface area (Å²) >= 11 is 0. The maximum absolute atomic E-state index is 5.56. The Morgan fingerprint density at radius 2 is 1.58 bits per heavy atom. The molecule has 0 bridgehead atoms. The van der Waals surface area contributed by atoms with Gasteiger partial charge >= 0.3 is 0 Å². The highest BCUT2D eigenvalue weighted by Gasteiger charge is 2.34. The first-order valence-electron chi connectivity index (χ1n) is 4.78. The molecule has 0 heterocycles. The van der Waals surface area contributed by atoms with E-state index < -0.39 is 0 Å². The largest absolute Gasteiger partial charge is 0.378 e. The summed E-state index contributed by atoms with van der Waals surface area (Å²) in [4.78, 5) is 0. The highest BCUT2D eigenvalue weighted by Crippen LogP contribution is 2.27. The third kappa shape index (κ3) is 2.20. The minimum absolute atomic E-state index is 0.0799. The van der Waals surface area contributed by atoms with Crippen LogP contribution < -0.4 is 0 Å². The maximum Gasteiger partial charge on any atom is 0.0933 e. The summed E-state index contributed by atoms with van der Waals surface area (Å²) in [5.41, 5.74) is -0.0799. The zero-order valence-electron chi connectivity index (χ0n) is 9.02. The molecule has 0 saturated carbocycles. The number of hydrogen-bond donors (Lipinski definition) is 0. The van der Waals surface area contributed by atoms with Crippen LogP contribution in [0.15, 0.2) is 0 Å². The fourth-order valence-corrected chi connectivity index (χ4v) is 1.88. The van der Waals surface area contributed by atoms with E-state index in [9.17, 15) is 0 Å². The second-order valence-corrected chi connectivity index (χ2v) is 3.11. The smallest absolute Gasteiger partial charge is 0.0933 e. The van der Waals surface area contributed by atoms with E-state index >= 15 is 0 Å². The van der Waals surface area contributed by atoms with E-state index in [2.05, 4.69) is 20.8 Å². The van der Waals surface area contributed by atoms with Crippen LogP contribution in [0.4, 0.5) is 0 Å². The average molecular weight is 174 g/mol. The summed E-state index contributed by atoms with van der Waals surface area (Å²) in [7, 11) is 3.53. The van der Waals surface area contributed by atoms with Crippen molar-refractivity contribution in [3.63, 3.8) is 0 Å². The van der Waals surface area contributed by atoms with Gasteiger partial charge in [-0.2, -0.15) is 0 Å². The minimum atomic E-state index is -0.0799. The Morgan fingerprint density at radius 1 is 1.08 bits per heavy atom. The molecule has 2 heteroatoms. The Hall–Kier alpha value is -0.0800. The fourth-order valence-electron chi connectivity index (χ4n) is 1.88. The van der Waals surface area contributed by atoms with Crippen molar-refractivity contribution in [2.75, 3.05) is 14.2 Å². The Balaban J connectivity index is 4.42. The normalized spacial score (nSPS) is 14.8. The number of hydrogen-bond acceptors (Lipinski definition) is 2. The number of rotatable bonds is 6. The van der Waals surface area contributed by atoms with Gasteiger partial charge in [0.05, 0.1) is 11.7 Å². The van der Waals surface area contributed by atoms with E-state index in [-0.39, 0.29) is 11.7 Å². The van der Waals surface area contributed by atoms with Gasteiger partial charge in [0, 0.05) is 14.2 Å². The van der Waals surface area contributed by atoms with Crippen LogP contribution >= 0.6 is 0 Å². The van der Waals surface area contributed by atoms with Crippen molar-refractivity contribution in [1.29, 1.82) is 0 Å². The van der Waals surface area contributed by atoms with E-state index in [4.69, 9.17) is 9.47 Å². The van der Waals surface area contributed by atoms with Crippen molar-refractivity contribution in [1.82, 2.24) is 0 Å². The SMILES string of the molecule is CCC(OC)C(CC)(CC)OC. The van der Waals surface area contributed by atoms with Crippen LogP contribution in [0, 0.1) is 0 Å². The Labute approximate surface area is 76.3 Å². The number of methoxy groups -OCH3 is 2. The summed E-state index contributed by atoms with van der Waals surface area (Å²) in [5, 5.41) is 0. The van der Waals surface area contributed by atoms with Gasteiger partial charge in [0.2, 0.25) is 0 Å². The zero-order valence-corrected chi connectivity index (χ0v) is 9.02. The Bertz CT molecular complexity index is 96.1. The van der Waals surface area contributed by atoms with Gasteiger partial charge in [0.1, 0.15) is 0 Å². The van der Waals surface area contributed by atoms with Gasteiger partial charge in [-0.25, -0.2) is 0 Å². The van der Waals surface area contributed by atoms with Crippen LogP contribution in [-0.4, -0.2) is 25.9 Å². The molecule has 0 aliphatic heterocycles. The molecule has 1 atom stereocenters. The van der Waals surface area contributed by atoms with Crippen LogP contribution in [0.1, 0.15) is 40.0 Å². The molecule has 0 amide bonds. The quantitative estimate of drug-likeness (QED) is 0.616. The molecule has 0 aromatic carbocycles. The average Bonchev–Trinajstić information content (AvgIpc) is 2.14. The summed E-state index contributed by atoms with van der Waals surface area (Å²) < 4.78 is 11.0. The second-order valence-electron chi connectivity index (χ2n) is 3.11. The standard InChI is InChI=1S/C10H22O2/c1-6-9(11-4)10(7-2,8-3)12-5/h9H,6-8H2,1-5H3. The molecule has 1 unspecified atom stereocenters. The Morgan fingerprint density at radius 3 is 1.67 bits per heavy atom. The predicted molar refractivity (Wildman–Crippen MR) is 51.4 cm³/mol. The Kier molecular flexibility index (Phi) is 5.51. The van der Waals surface area contributed by atoms with E-state index in [1.165, 1.54) is 0 Å². The monoisotopic (exact) mass is 174 g/mol. The highest BCUT2D eigenvalue weighted by atomic mass is 16.5. The molecule has 0 spiro atoms. The molecule has 0 aromatic heterocycles. The van der Waals surface area contributed by atoms with E-state index in [0.717, 1.165) is 19.3 Å². The lowest BCUT2D eigenvalue weighted by molar-refractivity contribution is -0.122. The lowest BCUT2D eigenvalue weighted by Gasteiger charge is -2.36. The van der Waals surface area contributed by atoms with Gasteiger partial charge in [-0.1, -0.05) is 20.8 Å². The number of ether oxygens (including phenoxy) is 2. The first kappa shape index (κ1) is 11.9. The minimum Gasteiger partial charge on any atom is -0.378 e. The molecule has 74 valence electrons. The summed E-state index contributed by atoms with van der Waals surface area (Å²) in [5.74, 6) is 0. The van der Waals surface area contributed by atoms with E-state index in [1.807, 2.05) is 0 Å². The van der Waals surface area contributed by atoms with E-state index in [0.29, 0.717) is 0 Å². The molecule has 0 aliphatic rings. The molecular formula is C10H22O2. The molecular weight excluding hydrogens is 152 g/mol. The molecule has 0 saturated heterocycles. The molecule has 0 aliphatic carbocycles. The first-order valence-corrected chi connectivity index (χ1v) is 4.78. The molecule has 0 fully saturated rings. The summed E-state index contributed by atoms with van der Waals surface area (Å²) in [6.07, 6.45) is 3.24. The topological polar surface area (TPSA) is 18.5 Å². The van der Waals surface area contributed by atoms with Gasteiger partial charge in [0.15, 0.2) is 0 Å².